The molecule has 0 aliphatic carbocycles. The molecule has 1 unspecified atom stereocenters. The lowest BCUT2D eigenvalue weighted by Crippen LogP contribution is -2.58. The molecule has 3 rings (SSSR count). The quantitative estimate of drug-likeness (QED) is 0.812. The summed E-state index contributed by atoms with van der Waals surface area (Å²) in [6.45, 7) is 5.62. The van der Waals surface area contributed by atoms with Crippen LogP contribution in [0.2, 0.25) is 0 Å². The first-order chi connectivity index (χ1) is 8.59. The summed E-state index contributed by atoms with van der Waals surface area (Å²) < 4.78 is 17.2. The maximum atomic E-state index is 5.79. The first kappa shape index (κ1) is 12.0. The van der Waals surface area contributed by atoms with Gasteiger partial charge in [-0.25, -0.2) is 0 Å². The molecular weight excluding hydrogens is 232 g/mol. The van der Waals surface area contributed by atoms with Gasteiger partial charge in [-0.3, -0.25) is 10.3 Å². The average Bonchev–Trinajstić information content (AvgIpc) is 2.80. The molecule has 1 atom stereocenters. The molecule has 2 fully saturated rings. The third-order valence-corrected chi connectivity index (χ3v) is 3.34. The Bertz CT molecular complexity index is 412. The minimum atomic E-state index is -0.501. The molecule has 2 saturated heterocycles. The highest BCUT2D eigenvalue weighted by Gasteiger charge is 2.46. The Balaban J connectivity index is 1.69. The van der Waals surface area contributed by atoms with E-state index in [9.17, 15) is 0 Å². The topological polar surface area (TPSA) is 52.6 Å². The van der Waals surface area contributed by atoms with E-state index in [2.05, 4.69) is 10.3 Å². The molecule has 18 heavy (non-hydrogen) atoms. The van der Waals surface area contributed by atoms with Gasteiger partial charge in [0.05, 0.1) is 25.4 Å². The number of hydrogen-bond donors (Lipinski definition) is 1. The summed E-state index contributed by atoms with van der Waals surface area (Å²) in [4.78, 5) is 4.10. The predicted molar refractivity (Wildman–Crippen MR) is 64.8 cm³/mol. The van der Waals surface area contributed by atoms with Gasteiger partial charge in [0, 0.05) is 18.0 Å². The normalized spacial score (nSPS) is 29.6. The van der Waals surface area contributed by atoms with Crippen LogP contribution in [0.5, 0.6) is 0 Å². The summed E-state index contributed by atoms with van der Waals surface area (Å²) in [5.41, 5.74) is 0.787. The summed E-state index contributed by atoms with van der Waals surface area (Å²) in [7, 11) is 0. The van der Waals surface area contributed by atoms with Crippen LogP contribution in [0.4, 0.5) is 0 Å². The van der Waals surface area contributed by atoms with E-state index in [1.54, 1.807) is 6.20 Å². The van der Waals surface area contributed by atoms with Crippen molar-refractivity contribution in [2.75, 3.05) is 19.8 Å². The van der Waals surface area contributed by atoms with Crippen LogP contribution in [0.15, 0.2) is 24.5 Å². The van der Waals surface area contributed by atoms with Gasteiger partial charge in [0.1, 0.15) is 6.23 Å². The minimum Gasteiger partial charge on any atom is -0.357 e. The Morgan fingerprint density at radius 2 is 2.06 bits per heavy atom. The van der Waals surface area contributed by atoms with Gasteiger partial charge in [-0.2, -0.15) is 0 Å². The lowest BCUT2D eigenvalue weighted by atomic mass is 10.0. The van der Waals surface area contributed by atoms with Crippen molar-refractivity contribution in [3.05, 3.63) is 30.1 Å². The van der Waals surface area contributed by atoms with E-state index in [1.165, 1.54) is 0 Å². The predicted octanol–water partition coefficient (Wildman–Crippen LogP) is 1.22. The first-order valence-electron chi connectivity index (χ1n) is 6.16. The maximum Gasteiger partial charge on any atom is 0.162 e. The number of aromatic nitrogens is 1. The van der Waals surface area contributed by atoms with Gasteiger partial charge in [-0.05, 0) is 19.9 Å². The van der Waals surface area contributed by atoms with Gasteiger partial charge < -0.3 is 14.2 Å². The van der Waals surface area contributed by atoms with Gasteiger partial charge in [-0.1, -0.05) is 6.07 Å². The lowest BCUT2D eigenvalue weighted by Gasteiger charge is -2.40. The molecule has 0 saturated carbocycles. The third kappa shape index (κ3) is 2.27. The number of hydrogen-bond acceptors (Lipinski definition) is 5. The van der Waals surface area contributed by atoms with Gasteiger partial charge in [-0.15, -0.1) is 0 Å². The smallest absolute Gasteiger partial charge is 0.162 e. The molecule has 1 aromatic heterocycles. The highest BCUT2D eigenvalue weighted by Crippen LogP contribution is 2.31. The fourth-order valence-corrected chi connectivity index (χ4v) is 2.19. The van der Waals surface area contributed by atoms with E-state index >= 15 is 0 Å². The molecule has 1 spiro atoms. The van der Waals surface area contributed by atoms with E-state index in [0.29, 0.717) is 19.8 Å². The summed E-state index contributed by atoms with van der Waals surface area (Å²) >= 11 is 0. The molecule has 98 valence electrons. The van der Waals surface area contributed by atoms with Crippen molar-refractivity contribution >= 4 is 0 Å². The van der Waals surface area contributed by atoms with Crippen molar-refractivity contribution in [2.45, 2.75) is 31.4 Å². The van der Waals surface area contributed by atoms with Crippen LogP contribution in [0.1, 0.15) is 25.6 Å². The van der Waals surface area contributed by atoms with Crippen molar-refractivity contribution < 1.29 is 14.2 Å². The molecule has 0 bridgehead atoms. The molecule has 0 amide bonds. The number of rotatable bonds is 1. The lowest BCUT2D eigenvalue weighted by molar-refractivity contribution is -0.269. The van der Waals surface area contributed by atoms with E-state index in [4.69, 9.17) is 14.2 Å². The van der Waals surface area contributed by atoms with Gasteiger partial charge in [0.15, 0.2) is 5.79 Å². The Morgan fingerprint density at radius 3 is 2.72 bits per heavy atom. The molecule has 0 aromatic carbocycles. The molecule has 5 heteroatoms. The van der Waals surface area contributed by atoms with E-state index in [0.717, 1.165) is 5.56 Å². The SMILES string of the molecule is CC1(C)OCC2(COC(c3cccnc3)N2)CO1. The van der Waals surface area contributed by atoms with Crippen LogP contribution < -0.4 is 5.32 Å². The fraction of sp³-hybridized carbons (Fsp3) is 0.615. The summed E-state index contributed by atoms with van der Waals surface area (Å²) in [5.74, 6) is -0.501. The zero-order valence-corrected chi connectivity index (χ0v) is 10.7. The zero-order chi connectivity index (χ0) is 12.6. The largest absolute Gasteiger partial charge is 0.357 e. The molecule has 1 aromatic rings. The molecule has 1 N–H and O–H groups in total. The van der Waals surface area contributed by atoms with Crippen LogP contribution in [-0.4, -0.2) is 36.1 Å². The summed E-state index contributed by atoms with van der Waals surface area (Å²) in [6.07, 6.45) is 3.43. The van der Waals surface area contributed by atoms with E-state index in [1.807, 2.05) is 32.2 Å². The second kappa shape index (κ2) is 4.28. The van der Waals surface area contributed by atoms with Crippen LogP contribution in [-0.2, 0) is 14.2 Å². The van der Waals surface area contributed by atoms with Crippen molar-refractivity contribution in [1.29, 1.82) is 0 Å². The highest BCUT2D eigenvalue weighted by molar-refractivity contribution is 5.14. The Morgan fingerprint density at radius 1 is 1.28 bits per heavy atom. The van der Waals surface area contributed by atoms with Crippen LogP contribution >= 0.6 is 0 Å². The van der Waals surface area contributed by atoms with Gasteiger partial charge in [0.2, 0.25) is 0 Å². The monoisotopic (exact) mass is 250 g/mol. The summed E-state index contributed by atoms with van der Waals surface area (Å²) in [6, 6.07) is 3.90. The van der Waals surface area contributed by atoms with E-state index in [-0.39, 0.29) is 11.8 Å². The second-order valence-corrected chi connectivity index (χ2v) is 5.38. The average molecular weight is 250 g/mol. The van der Waals surface area contributed by atoms with Gasteiger partial charge in [0.25, 0.3) is 0 Å². The first-order valence-corrected chi connectivity index (χ1v) is 6.16. The van der Waals surface area contributed by atoms with Crippen molar-refractivity contribution in [1.82, 2.24) is 10.3 Å². The summed E-state index contributed by atoms with van der Waals surface area (Å²) in [5, 5.41) is 3.45. The van der Waals surface area contributed by atoms with Crippen LogP contribution in [0.3, 0.4) is 0 Å². The molecule has 3 heterocycles. The van der Waals surface area contributed by atoms with Crippen molar-refractivity contribution in [3.8, 4) is 0 Å². The molecule has 2 aliphatic rings. The molecule has 2 aliphatic heterocycles. The third-order valence-electron chi connectivity index (χ3n) is 3.34. The number of pyridine rings is 1. The van der Waals surface area contributed by atoms with Gasteiger partial charge >= 0.3 is 0 Å². The number of nitrogens with zero attached hydrogens (tertiary/aromatic N) is 1. The number of ether oxygens (including phenoxy) is 3. The fourth-order valence-electron chi connectivity index (χ4n) is 2.19. The standard InChI is InChI=1S/C13H18N2O3/c1-12(2)17-8-13(9-18-12)7-16-11(15-13)10-4-3-5-14-6-10/h3-6,11,15H,7-9H2,1-2H3. The zero-order valence-electron chi connectivity index (χ0n) is 10.7. The molecule has 5 nitrogen and oxygen atoms in total. The van der Waals surface area contributed by atoms with Crippen LogP contribution in [0.25, 0.3) is 0 Å². The Labute approximate surface area is 106 Å². The molecule has 0 radical (unpaired) electrons. The highest BCUT2D eigenvalue weighted by atomic mass is 16.7. The number of nitrogens with one attached hydrogen (secondary N) is 1. The van der Waals surface area contributed by atoms with E-state index < -0.39 is 5.79 Å². The molecular formula is C13H18N2O3. The minimum absolute atomic E-state index is 0.132. The Kier molecular flexibility index (Phi) is 2.86. The maximum absolute atomic E-state index is 5.79. The van der Waals surface area contributed by atoms with Crippen molar-refractivity contribution in [3.63, 3.8) is 0 Å². The van der Waals surface area contributed by atoms with Crippen molar-refractivity contribution in [2.24, 2.45) is 0 Å². The second-order valence-electron chi connectivity index (χ2n) is 5.38. The van der Waals surface area contributed by atoms with Crippen LogP contribution in [0, 0.1) is 0 Å². The Hall–Kier alpha value is -1.01.